The number of rotatable bonds is 4. The summed E-state index contributed by atoms with van der Waals surface area (Å²) in [6.45, 7) is -1.02. The van der Waals surface area contributed by atoms with Crippen molar-refractivity contribution >= 4 is 30.1 Å². The van der Waals surface area contributed by atoms with Crippen molar-refractivity contribution in [2.24, 2.45) is 0 Å². The number of nitriles is 1. The van der Waals surface area contributed by atoms with Crippen LogP contribution in [0.4, 0.5) is 0 Å². The fourth-order valence-electron chi connectivity index (χ4n) is 0.796. The maximum atomic E-state index is 8.86. The van der Waals surface area contributed by atoms with Gasteiger partial charge >= 0.3 is 6.72 Å². The highest BCUT2D eigenvalue weighted by molar-refractivity contribution is 8.07. The van der Waals surface area contributed by atoms with E-state index in [1.165, 1.54) is 25.8 Å². The minimum absolute atomic E-state index is 0.187. The minimum Gasteiger partial charge on any atom is -0.403 e. The second kappa shape index (κ2) is 5.01. The number of hydrogen-bond acceptors (Lipinski definition) is 7. The van der Waals surface area contributed by atoms with E-state index < -0.39 is 6.72 Å². The molecule has 0 unspecified atom stereocenters. The smallest absolute Gasteiger partial charge is 0.381 e. The van der Waals surface area contributed by atoms with Crippen molar-refractivity contribution in [3.05, 3.63) is 10.4 Å². The van der Waals surface area contributed by atoms with Crippen LogP contribution in [0.15, 0.2) is 0 Å². The summed E-state index contributed by atoms with van der Waals surface area (Å²) in [4.78, 5) is 0.779. The van der Waals surface area contributed by atoms with Crippen molar-refractivity contribution in [2.45, 2.75) is 6.92 Å². The summed E-state index contributed by atoms with van der Waals surface area (Å²) < 4.78 is 19.1. The molecule has 1 aromatic rings. The Morgan fingerprint density at radius 1 is 1.47 bits per heavy atom. The van der Waals surface area contributed by atoms with Crippen molar-refractivity contribution in [1.29, 1.82) is 5.26 Å². The van der Waals surface area contributed by atoms with E-state index in [-0.39, 0.29) is 5.88 Å². The van der Waals surface area contributed by atoms with Crippen molar-refractivity contribution in [3.8, 4) is 11.9 Å². The first kappa shape index (κ1) is 12.6. The van der Waals surface area contributed by atoms with Gasteiger partial charge in [0.1, 0.15) is 11.6 Å². The summed E-state index contributed by atoms with van der Waals surface area (Å²) in [5, 5.41) is 8.86. The van der Waals surface area contributed by atoms with Crippen LogP contribution in [-0.2, 0) is 20.9 Å². The molecule has 0 fully saturated rings. The van der Waals surface area contributed by atoms with Crippen LogP contribution in [-0.4, -0.2) is 18.6 Å². The highest BCUT2D eigenvalue weighted by Crippen LogP contribution is 2.49. The summed E-state index contributed by atoms with van der Waals surface area (Å²) in [6.07, 6.45) is 0. The Kier molecular flexibility index (Phi) is 4.20. The van der Waals surface area contributed by atoms with Crippen LogP contribution in [0.5, 0.6) is 5.88 Å². The zero-order valence-electron chi connectivity index (χ0n) is 8.38. The van der Waals surface area contributed by atoms with Gasteiger partial charge in [0, 0.05) is 30.9 Å². The third-order valence-corrected chi connectivity index (χ3v) is 4.73. The van der Waals surface area contributed by atoms with Gasteiger partial charge in [-0.2, -0.15) is 9.64 Å². The molecule has 0 saturated carbocycles. The van der Waals surface area contributed by atoms with E-state index >= 15 is 0 Å². The molecule has 0 N–H and O–H groups in total. The molecule has 0 aliphatic carbocycles. The van der Waals surface area contributed by atoms with Crippen molar-refractivity contribution in [1.82, 2.24) is 4.37 Å². The maximum absolute atomic E-state index is 8.86. The first-order chi connectivity index (χ1) is 7.06. The lowest BCUT2D eigenvalue weighted by molar-refractivity contribution is 0.271. The third kappa shape index (κ3) is 2.74. The van der Waals surface area contributed by atoms with E-state index in [0.29, 0.717) is 5.56 Å². The molecule has 0 spiro atoms. The van der Waals surface area contributed by atoms with Crippen molar-refractivity contribution in [2.75, 3.05) is 14.2 Å². The average Bonchev–Trinajstić information content (AvgIpc) is 2.59. The Bertz CT molecular complexity index is 432. The van der Waals surface area contributed by atoms with Crippen molar-refractivity contribution < 1.29 is 13.6 Å². The number of aromatic nitrogens is 1. The van der Waals surface area contributed by atoms with Gasteiger partial charge in [0.25, 0.3) is 5.88 Å². The van der Waals surface area contributed by atoms with Gasteiger partial charge in [-0.25, -0.2) is 0 Å². The van der Waals surface area contributed by atoms with Gasteiger partial charge in [0.15, 0.2) is 0 Å². The first-order valence-electron chi connectivity index (χ1n) is 3.83. The molecule has 15 heavy (non-hydrogen) atoms. The fraction of sp³-hybridized carbons (Fsp3) is 0.429. The third-order valence-electron chi connectivity index (χ3n) is 1.59. The van der Waals surface area contributed by atoms with Gasteiger partial charge in [-0.1, -0.05) is 0 Å². The van der Waals surface area contributed by atoms with Gasteiger partial charge in [-0.15, -0.1) is 0 Å². The minimum atomic E-state index is -2.80. The van der Waals surface area contributed by atoms with Crippen LogP contribution in [0.2, 0.25) is 0 Å². The summed E-state index contributed by atoms with van der Waals surface area (Å²) >= 11 is 6.18. The molecule has 0 atom stereocenters. The molecule has 0 bridgehead atoms. The van der Waals surface area contributed by atoms with E-state index in [9.17, 15) is 0 Å². The molecule has 1 aromatic heterocycles. The number of aryl methyl sites for hydroxylation is 1. The second-order valence-corrected chi connectivity index (χ2v) is 6.56. The van der Waals surface area contributed by atoms with Crippen LogP contribution in [0, 0.1) is 18.3 Å². The zero-order valence-corrected chi connectivity index (χ0v) is 10.9. The summed E-state index contributed by atoms with van der Waals surface area (Å²) in [5.41, 5.74) is 0.378. The predicted molar refractivity (Wildman–Crippen MR) is 60.5 cm³/mol. The largest absolute Gasteiger partial charge is 0.403 e. The highest BCUT2D eigenvalue weighted by Gasteiger charge is 2.23. The lowest BCUT2D eigenvalue weighted by atomic mass is 10.3. The van der Waals surface area contributed by atoms with E-state index in [0.717, 1.165) is 4.88 Å². The molecule has 0 radical (unpaired) electrons. The van der Waals surface area contributed by atoms with E-state index in [4.69, 9.17) is 30.6 Å². The van der Waals surface area contributed by atoms with Gasteiger partial charge < -0.3 is 13.6 Å². The van der Waals surface area contributed by atoms with Gasteiger partial charge in [-0.05, 0) is 18.5 Å². The number of hydrogen-bond donors (Lipinski definition) is 0. The average molecular weight is 264 g/mol. The van der Waals surface area contributed by atoms with E-state index in [2.05, 4.69) is 4.37 Å². The zero-order chi connectivity index (χ0) is 11.5. The standard InChI is InChI=1S/C7H9N2O3PS2/c1-5-6(4-8)7(9-15-5)12-13(14,10-2)11-3/h1-3H3. The predicted octanol–water partition coefficient (Wildman–Crippen LogP) is 2.22. The molecule has 8 heteroatoms. The molecule has 1 rings (SSSR count). The van der Waals surface area contributed by atoms with Gasteiger partial charge in [0.2, 0.25) is 0 Å². The Labute approximate surface area is 97.0 Å². The molecule has 0 aromatic carbocycles. The quantitative estimate of drug-likeness (QED) is 0.777. The normalized spacial score (nSPS) is 11.1. The molecular formula is C7H9N2O3PS2. The monoisotopic (exact) mass is 264 g/mol. The summed E-state index contributed by atoms with van der Waals surface area (Å²) in [6, 6.07) is 2.00. The molecule has 0 saturated heterocycles. The lowest BCUT2D eigenvalue weighted by Gasteiger charge is -2.16. The second-order valence-electron chi connectivity index (χ2n) is 2.43. The number of nitrogens with zero attached hydrogens (tertiary/aromatic N) is 2. The highest BCUT2D eigenvalue weighted by atomic mass is 32.5. The van der Waals surface area contributed by atoms with Crippen LogP contribution >= 0.6 is 18.3 Å². The lowest BCUT2D eigenvalue weighted by Crippen LogP contribution is -1.98. The van der Waals surface area contributed by atoms with Crippen LogP contribution < -0.4 is 4.52 Å². The SMILES string of the molecule is COP(=S)(OC)Oc1nsc(C)c1C#N. The van der Waals surface area contributed by atoms with E-state index in [1.807, 2.05) is 6.07 Å². The van der Waals surface area contributed by atoms with Crippen LogP contribution in [0.3, 0.4) is 0 Å². The molecule has 0 amide bonds. The molecule has 0 aliphatic rings. The summed E-state index contributed by atoms with van der Waals surface area (Å²) in [5.74, 6) is 0.187. The van der Waals surface area contributed by atoms with Gasteiger partial charge in [0.05, 0.1) is 0 Å². The summed E-state index contributed by atoms with van der Waals surface area (Å²) in [7, 11) is 2.80. The fourth-order valence-corrected chi connectivity index (χ4v) is 2.28. The Hall–Kier alpha value is -0.510. The van der Waals surface area contributed by atoms with Crippen molar-refractivity contribution in [3.63, 3.8) is 0 Å². The van der Waals surface area contributed by atoms with E-state index in [1.54, 1.807) is 6.92 Å². The van der Waals surface area contributed by atoms with Gasteiger partial charge in [-0.3, -0.25) is 0 Å². The molecular weight excluding hydrogens is 255 g/mol. The molecule has 0 aliphatic heterocycles. The Morgan fingerprint density at radius 3 is 2.53 bits per heavy atom. The van der Waals surface area contributed by atoms with Crippen LogP contribution in [0.1, 0.15) is 10.4 Å². The molecule has 1 heterocycles. The maximum Gasteiger partial charge on any atom is 0.381 e. The Morgan fingerprint density at radius 2 is 2.07 bits per heavy atom. The van der Waals surface area contributed by atoms with Crippen LogP contribution in [0.25, 0.3) is 0 Å². The molecule has 5 nitrogen and oxygen atoms in total. The molecule has 82 valence electrons. The topological polar surface area (TPSA) is 64.4 Å². The first-order valence-corrected chi connectivity index (χ1v) is 7.16. The Balaban J connectivity index is 3.00.